The lowest BCUT2D eigenvalue weighted by atomic mass is 10.0. The first-order chi connectivity index (χ1) is 7.46. The Kier molecular flexibility index (Phi) is 4.50. The highest BCUT2D eigenvalue weighted by Crippen LogP contribution is 2.16. The van der Waals surface area contributed by atoms with E-state index in [1.165, 1.54) is 11.8 Å². The summed E-state index contributed by atoms with van der Waals surface area (Å²) in [6.07, 6.45) is 2.23. The molecule has 0 saturated heterocycles. The van der Waals surface area contributed by atoms with Gasteiger partial charge in [-0.3, -0.25) is 0 Å². The summed E-state index contributed by atoms with van der Waals surface area (Å²) in [6.45, 7) is 2.09. The molecule has 16 heavy (non-hydrogen) atoms. The fraction of sp³-hybridized carbons (Fsp3) is 0.500. The summed E-state index contributed by atoms with van der Waals surface area (Å²) < 4.78 is 22.6. The van der Waals surface area contributed by atoms with Crippen molar-refractivity contribution in [1.29, 1.82) is 0 Å². The van der Waals surface area contributed by atoms with Crippen molar-refractivity contribution >= 4 is 9.84 Å². The van der Waals surface area contributed by atoms with Gasteiger partial charge in [0.2, 0.25) is 0 Å². The van der Waals surface area contributed by atoms with E-state index in [1.807, 2.05) is 12.1 Å². The average molecular weight is 241 g/mol. The van der Waals surface area contributed by atoms with Crippen molar-refractivity contribution in [2.75, 3.05) is 19.1 Å². The van der Waals surface area contributed by atoms with Gasteiger partial charge < -0.3 is 5.32 Å². The molecule has 1 N–H and O–H groups in total. The number of rotatable bonds is 5. The normalized spacial score (nSPS) is 13.7. The van der Waals surface area contributed by atoms with Gasteiger partial charge in [0, 0.05) is 12.3 Å². The molecule has 0 aliphatic carbocycles. The van der Waals surface area contributed by atoms with Crippen molar-refractivity contribution in [2.45, 2.75) is 19.4 Å². The third kappa shape index (κ3) is 3.94. The van der Waals surface area contributed by atoms with Crippen molar-refractivity contribution in [3.8, 4) is 0 Å². The molecule has 90 valence electrons. The van der Waals surface area contributed by atoms with Crippen LogP contribution in [0, 0.1) is 0 Å². The summed E-state index contributed by atoms with van der Waals surface area (Å²) in [6, 6.07) is 7.93. The zero-order chi connectivity index (χ0) is 12.2. The average Bonchev–Trinajstić information content (AvgIpc) is 2.25. The van der Waals surface area contributed by atoms with Crippen molar-refractivity contribution in [1.82, 2.24) is 5.32 Å². The molecule has 0 aliphatic heterocycles. The zero-order valence-corrected chi connectivity index (χ0v) is 10.8. The van der Waals surface area contributed by atoms with Gasteiger partial charge in [-0.1, -0.05) is 31.2 Å². The van der Waals surface area contributed by atoms with Crippen LogP contribution in [0.15, 0.2) is 24.3 Å². The molecule has 1 atom stereocenters. The first-order valence-electron chi connectivity index (χ1n) is 5.40. The van der Waals surface area contributed by atoms with Gasteiger partial charge >= 0.3 is 0 Å². The Balaban J connectivity index is 2.94. The van der Waals surface area contributed by atoms with E-state index < -0.39 is 9.84 Å². The van der Waals surface area contributed by atoms with Crippen LogP contribution >= 0.6 is 0 Å². The molecule has 3 nitrogen and oxygen atoms in total. The van der Waals surface area contributed by atoms with Crippen LogP contribution in [0.25, 0.3) is 0 Å². The quantitative estimate of drug-likeness (QED) is 0.851. The SMILES string of the molecule is CCc1cccc(C(CS(C)(=O)=O)NC)c1. The first-order valence-corrected chi connectivity index (χ1v) is 7.46. The molecular formula is C12H19NO2S. The monoisotopic (exact) mass is 241 g/mol. The van der Waals surface area contributed by atoms with Crippen molar-refractivity contribution in [2.24, 2.45) is 0 Å². The summed E-state index contributed by atoms with van der Waals surface area (Å²) in [7, 11) is -1.18. The molecule has 0 fully saturated rings. The molecule has 0 aromatic heterocycles. The van der Waals surface area contributed by atoms with Crippen molar-refractivity contribution < 1.29 is 8.42 Å². The van der Waals surface area contributed by atoms with Crippen molar-refractivity contribution in [3.05, 3.63) is 35.4 Å². The maximum atomic E-state index is 11.3. The van der Waals surface area contributed by atoms with Crippen LogP contribution in [0.5, 0.6) is 0 Å². The van der Waals surface area contributed by atoms with E-state index in [0.717, 1.165) is 12.0 Å². The number of sulfone groups is 1. The minimum Gasteiger partial charge on any atom is -0.312 e. The molecule has 1 unspecified atom stereocenters. The standard InChI is InChI=1S/C12H19NO2S/c1-4-10-6-5-7-11(8-10)12(13-2)9-16(3,14)15/h5-8,12-13H,4,9H2,1-3H3. The molecular weight excluding hydrogens is 222 g/mol. The Bertz CT molecular complexity index is 440. The molecule has 1 aromatic rings. The van der Waals surface area contributed by atoms with E-state index in [2.05, 4.69) is 24.4 Å². The van der Waals surface area contributed by atoms with Crippen LogP contribution in [0.1, 0.15) is 24.1 Å². The minimum absolute atomic E-state index is 0.124. The number of hydrogen-bond acceptors (Lipinski definition) is 3. The summed E-state index contributed by atoms with van der Waals surface area (Å²) in [5.41, 5.74) is 2.26. The predicted octanol–water partition coefficient (Wildman–Crippen LogP) is 1.55. The number of benzene rings is 1. The van der Waals surface area contributed by atoms with E-state index in [-0.39, 0.29) is 11.8 Å². The van der Waals surface area contributed by atoms with Crippen LogP contribution in [0.2, 0.25) is 0 Å². The molecule has 0 heterocycles. The lowest BCUT2D eigenvalue weighted by Crippen LogP contribution is -2.24. The van der Waals surface area contributed by atoms with E-state index >= 15 is 0 Å². The lowest BCUT2D eigenvalue weighted by Gasteiger charge is -2.16. The fourth-order valence-corrected chi connectivity index (χ4v) is 2.64. The summed E-state index contributed by atoms with van der Waals surface area (Å²) >= 11 is 0. The second-order valence-electron chi connectivity index (χ2n) is 4.03. The number of aryl methyl sites for hydroxylation is 1. The Labute approximate surface area is 97.8 Å². The van der Waals surface area contributed by atoms with Gasteiger partial charge in [0.15, 0.2) is 0 Å². The van der Waals surface area contributed by atoms with Gasteiger partial charge in [-0.05, 0) is 24.6 Å². The van der Waals surface area contributed by atoms with E-state index in [1.54, 1.807) is 7.05 Å². The van der Waals surface area contributed by atoms with Gasteiger partial charge in [-0.15, -0.1) is 0 Å². The van der Waals surface area contributed by atoms with Gasteiger partial charge in [0.05, 0.1) is 5.75 Å². The zero-order valence-electron chi connectivity index (χ0n) is 10.0. The van der Waals surface area contributed by atoms with Crippen LogP contribution in [0.3, 0.4) is 0 Å². The maximum absolute atomic E-state index is 11.3. The topological polar surface area (TPSA) is 46.2 Å². The molecule has 1 rings (SSSR count). The van der Waals surface area contributed by atoms with Crippen LogP contribution in [-0.2, 0) is 16.3 Å². The fourth-order valence-electron chi connectivity index (χ4n) is 1.68. The van der Waals surface area contributed by atoms with Crippen LogP contribution in [0.4, 0.5) is 0 Å². The third-order valence-electron chi connectivity index (χ3n) is 2.58. The molecule has 0 bridgehead atoms. The molecule has 0 spiro atoms. The molecule has 1 aromatic carbocycles. The van der Waals surface area contributed by atoms with Gasteiger partial charge in [-0.2, -0.15) is 0 Å². The predicted molar refractivity (Wildman–Crippen MR) is 67.3 cm³/mol. The van der Waals surface area contributed by atoms with Gasteiger partial charge in [0.1, 0.15) is 9.84 Å². The van der Waals surface area contributed by atoms with Gasteiger partial charge in [-0.25, -0.2) is 8.42 Å². The molecule has 0 aliphatic rings. The Morgan fingerprint density at radius 1 is 1.38 bits per heavy atom. The highest BCUT2D eigenvalue weighted by Gasteiger charge is 2.15. The van der Waals surface area contributed by atoms with E-state index in [4.69, 9.17) is 0 Å². The first kappa shape index (κ1) is 13.2. The van der Waals surface area contributed by atoms with Crippen molar-refractivity contribution in [3.63, 3.8) is 0 Å². The summed E-state index contributed by atoms with van der Waals surface area (Å²) in [4.78, 5) is 0. The highest BCUT2D eigenvalue weighted by molar-refractivity contribution is 7.90. The second kappa shape index (κ2) is 5.46. The number of hydrogen-bond donors (Lipinski definition) is 1. The maximum Gasteiger partial charge on any atom is 0.149 e. The Morgan fingerprint density at radius 3 is 2.56 bits per heavy atom. The van der Waals surface area contributed by atoms with Crippen LogP contribution in [-0.4, -0.2) is 27.5 Å². The third-order valence-corrected chi connectivity index (χ3v) is 3.52. The van der Waals surface area contributed by atoms with E-state index in [0.29, 0.717) is 0 Å². The molecule has 0 amide bonds. The number of nitrogens with one attached hydrogen (secondary N) is 1. The summed E-state index contributed by atoms with van der Waals surface area (Å²) in [5.74, 6) is 0.136. The smallest absolute Gasteiger partial charge is 0.149 e. The Morgan fingerprint density at radius 2 is 2.06 bits per heavy atom. The van der Waals surface area contributed by atoms with E-state index in [9.17, 15) is 8.42 Å². The van der Waals surface area contributed by atoms with Gasteiger partial charge in [0.25, 0.3) is 0 Å². The van der Waals surface area contributed by atoms with Crippen LogP contribution < -0.4 is 5.32 Å². The molecule has 4 heteroatoms. The molecule has 0 radical (unpaired) electrons. The highest BCUT2D eigenvalue weighted by atomic mass is 32.2. The molecule has 0 saturated carbocycles. The Hall–Kier alpha value is -0.870. The second-order valence-corrected chi connectivity index (χ2v) is 6.22. The summed E-state index contributed by atoms with van der Waals surface area (Å²) in [5, 5.41) is 3.05. The minimum atomic E-state index is -2.97. The largest absolute Gasteiger partial charge is 0.312 e. The lowest BCUT2D eigenvalue weighted by molar-refractivity contribution is 0.579.